The molecule has 10 nitrogen and oxygen atoms in total. The highest BCUT2D eigenvalue weighted by Crippen LogP contribution is 2.21. The smallest absolute Gasteiger partial charge is 0.432 e. The van der Waals surface area contributed by atoms with E-state index in [1.807, 2.05) is 0 Å². The Hall–Kier alpha value is -2.66. The van der Waals surface area contributed by atoms with Crippen molar-refractivity contribution in [1.29, 1.82) is 0 Å². The summed E-state index contributed by atoms with van der Waals surface area (Å²) >= 11 is 0. The van der Waals surface area contributed by atoms with Crippen molar-refractivity contribution in [3.05, 3.63) is 30.3 Å². The van der Waals surface area contributed by atoms with Crippen LogP contribution in [-0.4, -0.2) is 85.5 Å². The molecule has 0 N–H and O–H groups in total. The fourth-order valence-electron chi connectivity index (χ4n) is 3.97. The minimum Gasteiger partial charge on any atom is -0.432 e. The number of urea groups is 1. The predicted octanol–water partition coefficient (Wildman–Crippen LogP) is 1.81. The summed E-state index contributed by atoms with van der Waals surface area (Å²) in [5, 5.41) is 0.843. The number of hydroxylamine groups is 2. The maximum atomic E-state index is 13.3. The molecular formula is C22H31N3O7S. The second-order valence-electron chi connectivity index (χ2n) is 8.47. The van der Waals surface area contributed by atoms with Crippen molar-refractivity contribution in [2.45, 2.75) is 56.7 Å². The average molecular weight is 482 g/mol. The Balaban J connectivity index is 1.83. The molecule has 33 heavy (non-hydrogen) atoms. The molecule has 2 heterocycles. The summed E-state index contributed by atoms with van der Waals surface area (Å²) < 4.78 is 31.0. The van der Waals surface area contributed by atoms with Crippen molar-refractivity contribution in [3.8, 4) is 0 Å². The van der Waals surface area contributed by atoms with Crippen LogP contribution in [0.25, 0.3) is 0 Å². The first-order chi connectivity index (χ1) is 15.7. The van der Waals surface area contributed by atoms with Gasteiger partial charge in [0.2, 0.25) is 0 Å². The van der Waals surface area contributed by atoms with Crippen molar-refractivity contribution in [2.24, 2.45) is 0 Å². The molecule has 182 valence electrons. The molecule has 1 atom stereocenters. The number of likely N-dealkylation sites (tertiary alicyclic amines) is 1. The number of hydrogen-bond acceptors (Lipinski definition) is 8. The molecule has 0 saturated carbocycles. The lowest BCUT2D eigenvalue weighted by Crippen LogP contribution is -2.58. The van der Waals surface area contributed by atoms with Gasteiger partial charge in [-0.25, -0.2) is 22.8 Å². The van der Waals surface area contributed by atoms with Crippen molar-refractivity contribution in [1.82, 2.24) is 14.9 Å². The van der Waals surface area contributed by atoms with Crippen LogP contribution in [-0.2, 0) is 29.0 Å². The first-order valence-electron chi connectivity index (χ1n) is 11.2. The number of benzene rings is 1. The van der Waals surface area contributed by atoms with Gasteiger partial charge in [-0.15, -0.1) is 0 Å². The minimum absolute atomic E-state index is 0.0276. The number of nitrogens with zero attached hydrogens (tertiary/aromatic N) is 3. The Kier molecular flexibility index (Phi) is 8.30. The number of rotatable bonds is 7. The second-order valence-corrected chi connectivity index (χ2v) is 10.5. The fourth-order valence-corrected chi connectivity index (χ4v) is 5.34. The number of ether oxygens (including phenoxy) is 1. The Morgan fingerprint density at radius 1 is 0.939 bits per heavy atom. The van der Waals surface area contributed by atoms with Gasteiger partial charge in [0.25, 0.3) is 0 Å². The van der Waals surface area contributed by atoms with Gasteiger partial charge in [0.1, 0.15) is 5.75 Å². The summed E-state index contributed by atoms with van der Waals surface area (Å²) in [6.45, 7) is 5.62. The third-order valence-electron chi connectivity index (χ3n) is 5.69. The van der Waals surface area contributed by atoms with Gasteiger partial charge < -0.3 is 14.5 Å². The monoisotopic (exact) mass is 481 g/mol. The molecule has 0 aliphatic carbocycles. The van der Waals surface area contributed by atoms with Gasteiger partial charge in [0.05, 0.1) is 11.4 Å². The van der Waals surface area contributed by atoms with E-state index in [1.165, 1.54) is 12.1 Å². The third-order valence-corrected chi connectivity index (χ3v) is 7.40. The molecule has 2 amide bonds. The molecule has 1 unspecified atom stereocenters. The van der Waals surface area contributed by atoms with E-state index in [0.29, 0.717) is 6.54 Å². The van der Waals surface area contributed by atoms with Gasteiger partial charge in [0.15, 0.2) is 16.1 Å². The standard InChI is InChI=1S/C22H31N3O7S/c1-17(2)25-19(16-33(29,30)18-10-6-5-7-11-18)31-20(26)21(27)32-24(22(25)28)15-14-23-12-8-3-4-9-13-23/h5-7,10-11,17,19H,3-4,8-9,12-16H2,1-2H3. The van der Waals surface area contributed by atoms with Crippen LogP contribution in [0.2, 0.25) is 0 Å². The fraction of sp³-hybridized carbons (Fsp3) is 0.591. The van der Waals surface area contributed by atoms with Crippen LogP contribution in [0.15, 0.2) is 35.2 Å². The van der Waals surface area contributed by atoms with Gasteiger partial charge in [-0.3, -0.25) is 4.90 Å². The Labute approximate surface area is 194 Å². The highest BCUT2D eigenvalue weighted by molar-refractivity contribution is 7.91. The molecule has 3 rings (SSSR count). The maximum absolute atomic E-state index is 13.3. The second kappa shape index (κ2) is 11.0. The van der Waals surface area contributed by atoms with Crippen molar-refractivity contribution >= 4 is 27.8 Å². The molecule has 0 bridgehead atoms. The number of amides is 2. The molecule has 2 fully saturated rings. The van der Waals surface area contributed by atoms with Gasteiger partial charge in [-0.05, 0) is 51.9 Å². The van der Waals surface area contributed by atoms with Crippen LogP contribution in [0.1, 0.15) is 39.5 Å². The van der Waals surface area contributed by atoms with E-state index in [4.69, 9.17) is 9.57 Å². The van der Waals surface area contributed by atoms with E-state index in [9.17, 15) is 22.8 Å². The Morgan fingerprint density at radius 2 is 1.58 bits per heavy atom. The molecule has 1 aromatic rings. The summed E-state index contributed by atoms with van der Waals surface area (Å²) in [5.41, 5.74) is 0. The molecular weight excluding hydrogens is 450 g/mol. The lowest BCUT2D eigenvalue weighted by atomic mass is 10.2. The summed E-state index contributed by atoms with van der Waals surface area (Å²) in [4.78, 5) is 46.2. The third kappa shape index (κ3) is 6.44. The summed E-state index contributed by atoms with van der Waals surface area (Å²) in [5.74, 6) is -3.38. The zero-order valence-corrected chi connectivity index (χ0v) is 19.8. The van der Waals surface area contributed by atoms with Crippen LogP contribution in [0.3, 0.4) is 0 Å². The van der Waals surface area contributed by atoms with Crippen molar-refractivity contribution < 1.29 is 32.4 Å². The Bertz CT molecular complexity index is 944. The number of carbonyl (C=O) groups is 3. The molecule has 0 aromatic heterocycles. The molecule has 2 aliphatic rings. The molecule has 0 spiro atoms. The summed E-state index contributed by atoms with van der Waals surface area (Å²) in [7, 11) is -3.92. The van der Waals surface area contributed by atoms with E-state index in [-0.39, 0.29) is 11.4 Å². The minimum atomic E-state index is -3.92. The first kappa shape index (κ1) is 25.0. The molecule has 11 heteroatoms. The van der Waals surface area contributed by atoms with Gasteiger partial charge in [-0.2, -0.15) is 5.06 Å². The first-order valence-corrected chi connectivity index (χ1v) is 12.9. The van der Waals surface area contributed by atoms with Crippen molar-refractivity contribution in [2.75, 3.05) is 31.9 Å². The van der Waals surface area contributed by atoms with Crippen LogP contribution in [0.5, 0.6) is 0 Å². The molecule has 2 saturated heterocycles. The Morgan fingerprint density at radius 3 is 2.18 bits per heavy atom. The van der Waals surface area contributed by atoms with Crippen molar-refractivity contribution in [3.63, 3.8) is 0 Å². The predicted molar refractivity (Wildman–Crippen MR) is 118 cm³/mol. The van der Waals surface area contributed by atoms with Gasteiger partial charge in [-0.1, -0.05) is 31.0 Å². The zero-order valence-electron chi connectivity index (χ0n) is 19.0. The van der Waals surface area contributed by atoms with Crippen LogP contribution < -0.4 is 0 Å². The summed E-state index contributed by atoms with van der Waals surface area (Å²) in [6, 6.07) is 6.41. The topological polar surface area (TPSA) is 114 Å². The van der Waals surface area contributed by atoms with E-state index in [2.05, 4.69) is 4.90 Å². The number of esters is 1. The maximum Gasteiger partial charge on any atom is 0.441 e. The lowest BCUT2D eigenvalue weighted by molar-refractivity contribution is -0.205. The molecule has 0 radical (unpaired) electrons. The van der Waals surface area contributed by atoms with Crippen LogP contribution >= 0.6 is 0 Å². The van der Waals surface area contributed by atoms with Crippen LogP contribution in [0, 0.1) is 0 Å². The lowest BCUT2D eigenvalue weighted by Gasteiger charge is -2.38. The van der Waals surface area contributed by atoms with E-state index < -0.39 is 45.8 Å². The summed E-state index contributed by atoms with van der Waals surface area (Å²) in [6.07, 6.45) is 2.93. The SMILES string of the molecule is CC(C)N1C(=O)N(CCN2CCCCCC2)OC(=O)C(=O)OC1CS(=O)(=O)c1ccccc1. The van der Waals surface area contributed by atoms with Crippen LogP contribution in [0.4, 0.5) is 4.79 Å². The highest BCUT2D eigenvalue weighted by Gasteiger charge is 2.42. The number of hydrogen-bond donors (Lipinski definition) is 0. The number of carbonyl (C=O) groups excluding carboxylic acids is 3. The highest BCUT2D eigenvalue weighted by atomic mass is 32.2. The van der Waals surface area contributed by atoms with E-state index in [0.717, 1.165) is 48.7 Å². The number of sulfone groups is 1. The average Bonchev–Trinajstić information content (AvgIpc) is 3.04. The van der Waals surface area contributed by atoms with E-state index in [1.54, 1.807) is 32.0 Å². The van der Waals surface area contributed by atoms with E-state index >= 15 is 0 Å². The molecule has 1 aromatic carbocycles. The van der Waals surface area contributed by atoms with Gasteiger partial charge in [0, 0.05) is 12.6 Å². The normalized spacial score (nSPS) is 21.3. The quantitative estimate of drug-likeness (QED) is 0.428. The molecule has 2 aliphatic heterocycles. The largest absolute Gasteiger partial charge is 0.441 e. The van der Waals surface area contributed by atoms with Gasteiger partial charge >= 0.3 is 18.0 Å². The number of cyclic esters (lactones) is 1. The zero-order chi connectivity index (χ0) is 24.0.